The predicted octanol–water partition coefficient (Wildman–Crippen LogP) is 1.52. The van der Waals surface area contributed by atoms with Crippen molar-refractivity contribution in [3.63, 3.8) is 0 Å². The first-order valence-corrected chi connectivity index (χ1v) is 3.54. The molecule has 1 rings (SSSR count). The number of hydrogen-bond donors (Lipinski definition) is 1. The molecule has 1 aromatic rings. The van der Waals surface area contributed by atoms with E-state index in [4.69, 9.17) is 0 Å². The van der Waals surface area contributed by atoms with Gasteiger partial charge in [0.2, 0.25) is 0 Å². The SMILES string of the molecule is CC(C)(C)c1nc[nH]c1C=O. The molecule has 0 saturated heterocycles. The first-order valence-electron chi connectivity index (χ1n) is 3.54. The van der Waals surface area contributed by atoms with Crippen molar-refractivity contribution in [2.75, 3.05) is 0 Å². The van der Waals surface area contributed by atoms with E-state index >= 15 is 0 Å². The number of aromatic amines is 1. The van der Waals surface area contributed by atoms with Crippen LogP contribution >= 0.6 is 0 Å². The van der Waals surface area contributed by atoms with Gasteiger partial charge in [-0.2, -0.15) is 0 Å². The molecular weight excluding hydrogens is 140 g/mol. The summed E-state index contributed by atoms with van der Waals surface area (Å²) in [6.45, 7) is 6.07. The third-order valence-corrected chi connectivity index (χ3v) is 1.50. The van der Waals surface area contributed by atoms with E-state index in [1.165, 1.54) is 0 Å². The van der Waals surface area contributed by atoms with E-state index in [0.717, 1.165) is 12.0 Å². The topological polar surface area (TPSA) is 45.8 Å². The number of hydrogen-bond acceptors (Lipinski definition) is 2. The second kappa shape index (κ2) is 2.49. The molecule has 0 saturated carbocycles. The van der Waals surface area contributed by atoms with Crippen molar-refractivity contribution in [2.24, 2.45) is 0 Å². The average molecular weight is 152 g/mol. The minimum Gasteiger partial charge on any atom is -0.342 e. The largest absolute Gasteiger partial charge is 0.342 e. The highest BCUT2D eigenvalue weighted by Crippen LogP contribution is 2.21. The third kappa shape index (κ3) is 1.48. The molecule has 11 heavy (non-hydrogen) atoms. The standard InChI is InChI=1S/C8H12N2O/c1-8(2,3)7-6(4-11)9-5-10-7/h4-5H,1-3H3,(H,9,10). The van der Waals surface area contributed by atoms with Crippen molar-refractivity contribution in [3.8, 4) is 0 Å². The first-order chi connectivity index (χ1) is 5.05. The Balaban J connectivity index is 3.12. The molecule has 0 unspecified atom stereocenters. The lowest BCUT2D eigenvalue weighted by Crippen LogP contribution is -2.14. The number of rotatable bonds is 1. The summed E-state index contributed by atoms with van der Waals surface area (Å²) in [5.74, 6) is 0. The Kier molecular flexibility index (Phi) is 1.81. The molecule has 0 aliphatic rings. The van der Waals surface area contributed by atoms with E-state index in [9.17, 15) is 4.79 Å². The van der Waals surface area contributed by atoms with Crippen LogP contribution in [0, 0.1) is 0 Å². The van der Waals surface area contributed by atoms with Gasteiger partial charge in [-0.1, -0.05) is 20.8 Å². The molecular formula is C8H12N2O. The lowest BCUT2D eigenvalue weighted by atomic mass is 9.91. The van der Waals surface area contributed by atoms with Crippen LogP contribution in [0.5, 0.6) is 0 Å². The van der Waals surface area contributed by atoms with Crippen LogP contribution < -0.4 is 0 Å². The van der Waals surface area contributed by atoms with Gasteiger partial charge in [0.05, 0.1) is 12.0 Å². The number of H-pyrrole nitrogens is 1. The molecule has 0 radical (unpaired) electrons. The van der Waals surface area contributed by atoms with Crippen LogP contribution in [-0.2, 0) is 5.41 Å². The first kappa shape index (κ1) is 7.98. The number of nitrogens with one attached hydrogen (secondary N) is 1. The van der Waals surface area contributed by atoms with Crippen molar-refractivity contribution in [3.05, 3.63) is 17.7 Å². The van der Waals surface area contributed by atoms with E-state index in [2.05, 4.69) is 9.97 Å². The van der Waals surface area contributed by atoms with Gasteiger partial charge in [-0.25, -0.2) is 4.98 Å². The molecule has 0 bridgehead atoms. The molecule has 0 aromatic carbocycles. The van der Waals surface area contributed by atoms with Crippen LogP contribution in [-0.4, -0.2) is 16.3 Å². The van der Waals surface area contributed by atoms with Gasteiger partial charge in [-0.05, 0) is 0 Å². The monoisotopic (exact) mass is 152 g/mol. The van der Waals surface area contributed by atoms with E-state index in [-0.39, 0.29) is 5.41 Å². The Hall–Kier alpha value is -1.12. The molecule has 3 nitrogen and oxygen atoms in total. The summed E-state index contributed by atoms with van der Waals surface area (Å²) in [5.41, 5.74) is 1.35. The quantitative estimate of drug-likeness (QED) is 0.620. The Morgan fingerprint density at radius 3 is 2.55 bits per heavy atom. The zero-order valence-corrected chi connectivity index (χ0v) is 7.01. The zero-order valence-electron chi connectivity index (χ0n) is 7.01. The fraction of sp³-hybridized carbons (Fsp3) is 0.500. The van der Waals surface area contributed by atoms with E-state index in [1.54, 1.807) is 6.33 Å². The fourth-order valence-electron chi connectivity index (χ4n) is 0.992. The number of nitrogens with zero attached hydrogens (tertiary/aromatic N) is 1. The van der Waals surface area contributed by atoms with Gasteiger partial charge in [-0.3, -0.25) is 4.79 Å². The van der Waals surface area contributed by atoms with Gasteiger partial charge < -0.3 is 4.98 Å². The minimum absolute atomic E-state index is 0.0593. The Morgan fingerprint density at radius 2 is 2.18 bits per heavy atom. The van der Waals surface area contributed by atoms with Crippen molar-refractivity contribution >= 4 is 6.29 Å². The second-order valence-corrected chi connectivity index (χ2v) is 3.53. The minimum atomic E-state index is -0.0593. The van der Waals surface area contributed by atoms with Gasteiger partial charge in [0.25, 0.3) is 0 Å². The molecule has 1 N–H and O–H groups in total. The van der Waals surface area contributed by atoms with Crippen LogP contribution in [0.2, 0.25) is 0 Å². The highest BCUT2D eigenvalue weighted by Gasteiger charge is 2.19. The van der Waals surface area contributed by atoms with Crippen molar-refractivity contribution in [1.82, 2.24) is 9.97 Å². The van der Waals surface area contributed by atoms with Gasteiger partial charge in [0, 0.05) is 5.41 Å². The fourth-order valence-corrected chi connectivity index (χ4v) is 0.992. The molecule has 1 aromatic heterocycles. The zero-order chi connectivity index (χ0) is 8.48. The molecule has 0 aliphatic carbocycles. The molecule has 3 heteroatoms. The molecule has 1 heterocycles. The molecule has 0 atom stereocenters. The Labute approximate surface area is 65.8 Å². The Morgan fingerprint density at radius 1 is 1.55 bits per heavy atom. The lowest BCUT2D eigenvalue weighted by Gasteiger charge is -2.15. The number of aldehydes is 1. The number of aromatic nitrogens is 2. The van der Waals surface area contributed by atoms with Crippen molar-refractivity contribution < 1.29 is 4.79 Å². The summed E-state index contributed by atoms with van der Waals surface area (Å²) in [6.07, 6.45) is 2.35. The second-order valence-electron chi connectivity index (χ2n) is 3.53. The van der Waals surface area contributed by atoms with E-state index < -0.39 is 0 Å². The molecule has 0 amide bonds. The van der Waals surface area contributed by atoms with E-state index in [1.807, 2.05) is 20.8 Å². The predicted molar refractivity (Wildman–Crippen MR) is 42.7 cm³/mol. The molecule has 0 fully saturated rings. The third-order valence-electron chi connectivity index (χ3n) is 1.50. The van der Waals surface area contributed by atoms with Crippen molar-refractivity contribution in [1.29, 1.82) is 0 Å². The van der Waals surface area contributed by atoms with Crippen LogP contribution in [0.1, 0.15) is 37.0 Å². The number of imidazole rings is 1. The maximum Gasteiger partial charge on any atom is 0.168 e. The summed E-state index contributed by atoms with van der Waals surface area (Å²) in [6, 6.07) is 0. The average Bonchev–Trinajstić information content (AvgIpc) is 2.31. The summed E-state index contributed by atoms with van der Waals surface area (Å²) in [5, 5.41) is 0. The van der Waals surface area contributed by atoms with Crippen LogP contribution in [0.25, 0.3) is 0 Å². The van der Waals surface area contributed by atoms with Gasteiger partial charge >= 0.3 is 0 Å². The van der Waals surface area contributed by atoms with Crippen molar-refractivity contribution in [2.45, 2.75) is 26.2 Å². The maximum absolute atomic E-state index is 10.5. The highest BCUT2D eigenvalue weighted by atomic mass is 16.1. The van der Waals surface area contributed by atoms with Gasteiger partial charge in [0.1, 0.15) is 5.69 Å². The van der Waals surface area contributed by atoms with Crippen LogP contribution in [0.4, 0.5) is 0 Å². The summed E-state index contributed by atoms with van der Waals surface area (Å²) < 4.78 is 0. The maximum atomic E-state index is 10.5. The molecule has 0 spiro atoms. The van der Waals surface area contributed by atoms with E-state index in [0.29, 0.717) is 5.69 Å². The lowest BCUT2D eigenvalue weighted by molar-refractivity contribution is 0.111. The number of carbonyl (C=O) groups is 1. The van der Waals surface area contributed by atoms with Crippen LogP contribution in [0.3, 0.4) is 0 Å². The number of carbonyl (C=O) groups excluding carboxylic acids is 1. The summed E-state index contributed by atoms with van der Waals surface area (Å²) in [4.78, 5) is 17.3. The van der Waals surface area contributed by atoms with Gasteiger partial charge in [-0.15, -0.1) is 0 Å². The highest BCUT2D eigenvalue weighted by molar-refractivity contribution is 5.74. The normalized spacial score (nSPS) is 11.5. The van der Waals surface area contributed by atoms with Gasteiger partial charge in [0.15, 0.2) is 6.29 Å². The molecule has 60 valence electrons. The Bertz CT molecular complexity index is 257. The molecule has 0 aliphatic heterocycles. The smallest absolute Gasteiger partial charge is 0.168 e. The summed E-state index contributed by atoms with van der Waals surface area (Å²) >= 11 is 0. The summed E-state index contributed by atoms with van der Waals surface area (Å²) in [7, 11) is 0. The van der Waals surface area contributed by atoms with Crippen LogP contribution in [0.15, 0.2) is 6.33 Å².